The third-order valence-electron chi connectivity index (χ3n) is 7.12. The van der Waals surface area contributed by atoms with Crippen molar-refractivity contribution in [1.82, 2.24) is 10.2 Å². The number of carbonyl (C=O) groups excluding carboxylic acids is 2. The van der Waals surface area contributed by atoms with Crippen molar-refractivity contribution >= 4 is 73.3 Å². The lowest BCUT2D eigenvalue weighted by atomic mass is 10.0. The SMILES string of the molecule is CS(=O)(=O)N(CC(=O)N(Cc1ccc(Cl)cc1Cl)[C@H](Cc1ccccc1)C(=O)NC1CCCC1)c1ccc(I)cc1. The average molecular weight is 728 g/mol. The van der Waals surface area contributed by atoms with Crippen LogP contribution in [0.5, 0.6) is 0 Å². The zero-order chi connectivity index (χ0) is 29.6. The van der Waals surface area contributed by atoms with Crippen molar-refractivity contribution in [2.45, 2.75) is 50.7 Å². The Hall–Kier alpha value is -2.34. The van der Waals surface area contributed by atoms with Crippen molar-refractivity contribution < 1.29 is 18.0 Å². The maximum atomic E-state index is 14.2. The topological polar surface area (TPSA) is 86.8 Å². The maximum absolute atomic E-state index is 14.2. The molecule has 1 fully saturated rings. The second kappa shape index (κ2) is 14.2. The number of halogens is 3. The van der Waals surface area contributed by atoms with Gasteiger partial charge < -0.3 is 10.2 Å². The number of carbonyl (C=O) groups is 2. The Morgan fingerprint density at radius 2 is 1.66 bits per heavy atom. The first-order valence-electron chi connectivity index (χ1n) is 13.3. The Labute approximate surface area is 265 Å². The van der Waals surface area contributed by atoms with Crippen molar-refractivity contribution in [2.75, 3.05) is 17.1 Å². The summed E-state index contributed by atoms with van der Waals surface area (Å²) in [5, 5.41) is 3.94. The highest BCUT2D eigenvalue weighted by Crippen LogP contribution is 2.26. The number of benzene rings is 3. The van der Waals surface area contributed by atoms with E-state index in [1.165, 1.54) is 4.90 Å². The molecule has 0 bridgehead atoms. The van der Waals surface area contributed by atoms with Gasteiger partial charge in [0.25, 0.3) is 0 Å². The van der Waals surface area contributed by atoms with Crippen LogP contribution in [0.2, 0.25) is 10.0 Å². The van der Waals surface area contributed by atoms with Gasteiger partial charge in [-0.3, -0.25) is 13.9 Å². The summed E-state index contributed by atoms with van der Waals surface area (Å²) in [6.45, 7) is -0.485. The minimum atomic E-state index is -3.83. The number of nitrogens with zero attached hydrogens (tertiary/aromatic N) is 2. The summed E-state index contributed by atoms with van der Waals surface area (Å²) in [5.74, 6) is -0.804. The molecule has 0 spiro atoms. The van der Waals surface area contributed by atoms with Gasteiger partial charge in [0.1, 0.15) is 12.6 Å². The average Bonchev–Trinajstić information content (AvgIpc) is 3.44. The second-order valence-corrected chi connectivity index (χ2v) is 14.2. The fourth-order valence-corrected chi connectivity index (χ4v) is 6.65. The summed E-state index contributed by atoms with van der Waals surface area (Å²) in [6, 6.07) is 20.4. The first-order chi connectivity index (χ1) is 19.5. The molecule has 0 aliphatic heterocycles. The number of anilines is 1. The zero-order valence-corrected chi connectivity index (χ0v) is 27.1. The molecule has 0 heterocycles. The molecule has 41 heavy (non-hydrogen) atoms. The molecule has 4 rings (SSSR count). The van der Waals surface area contributed by atoms with Crippen LogP contribution in [0.1, 0.15) is 36.8 Å². The van der Waals surface area contributed by atoms with Gasteiger partial charge in [-0.15, -0.1) is 0 Å². The molecule has 1 aliphatic carbocycles. The molecular formula is C30H32Cl2IN3O4S. The van der Waals surface area contributed by atoms with E-state index in [1.54, 1.807) is 42.5 Å². The third-order valence-corrected chi connectivity index (χ3v) is 9.57. The van der Waals surface area contributed by atoms with Gasteiger partial charge in [-0.1, -0.05) is 72.4 Å². The minimum Gasteiger partial charge on any atom is -0.352 e. The van der Waals surface area contributed by atoms with Gasteiger partial charge in [-0.25, -0.2) is 8.42 Å². The highest BCUT2D eigenvalue weighted by molar-refractivity contribution is 14.1. The van der Waals surface area contributed by atoms with Crippen LogP contribution in [-0.2, 0) is 32.6 Å². The monoisotopic (exact) mass is 727 g/mol. The Bertz CT molecular complexity index is 1470. The van der Waals surface area contributed by atoms with Crippen LogP contribution in [0.25, 0.3) is 0 Å². The maximum Gasteiger partial charge on any atom is 0.244 e. The number of hydrogen-bond donors (Lipinski definition) is 1. The molecule has 2 amide bonds. The van der Waals surface area contributed by atoms with Crippen LogP contribution in [0.4, 0.5) is 5.69 Å². The molecular weight excluding hydrogens is 696 g/mol. The van der Waals surface area contributed by atoms with Crippen molar-refractivity contribution in [3.8, 4) is 0 Å². The van der Waals surface area contributed by atoms with E-state index in [0.29, 0.717) is 21.3 Å². The quantitative estimate of drug-likeness (QED) is 0.244. The lowest BCUT2D eigenvalue weighted by Crippen LogP contribution is -2.54. The second-order valence-electron chi connectivity index (χ2n) is 10.2. The molecule has 0 unspecified atom stereocenters. The van der Waals surface area contributed by atoms with Crippen LogP contribution in [0.15, 0.2) is 72.8 Å². The Kier molecular flexibility index (Phi) is 11.0. The molecule has 1 atom stereocenters. The van der Waals surface area contributed by atoms with E-state index in [4.69, 9.17) is 23.2 Å². The molecule has 3 aromatic rings. The fraction of sp³-hybridized carbons (Fsp3) is 0.333. The standard InChI is InChI=1S/C30H32Cl2IN3O4S/c1-41(39,40)36(26-15-13-24(33)14-16-26)20-29(37)35(19-22-11-12-23(31)18-27(22)32)28(17-21-7-3-2-4-8-21)30(38)34-25-9-5-6-10-25/h2-4,7-8,11-16,18,25,28H,5-6,9-10,17,19-20H2,1H3,(H,34,38)/t28-/m1/s1. The number of rotatable bonds is 11. The molecule has 0 saturated heterocycles. The Balaban J connectivity index is 1.74. The molecule has 1 saturated carbocycles. The summed E-state index contributed by atoms with van der Waals surface area (Å²) in [5.41, 5.74) is 1.83. The van der Waals surface area contributed by atoms with Crippen molar-refractivity contribution in [3.63, 3.8) is 0 Å². The molecule has 7 nitrogen and oxygen atoms in total. The van der Waals surface area contributed by atoms with Crippen LogP contribution in [0.3, 0.4) is 0 Å². The van der Waals surface area contributed by atoms with Crippen molar-refractivity contribution in [2.24, 2.45) is 0 Å². The predicted molar refractivity (Wildman–Crippen MR) is 173 cm³/mol. The highest BCUT2D eigenvalue weighted by atomic mass is 127. The highest BCUT2D eigenvalue weighted by Gasteiger charge is 2.34. The van der Waals surface area contributed by atoms with Gasteiger partial charge in [0.15, 0.2) is 0 Å². The van der Waals surface area contributed by atoms with E-state index in [9.17, 15) is 18.0 Å². The van der Waals surface area contributed by atoms with E-state index < -0.39 is 28.5 Å². The van der Waals surface area contributed by atoms with Gasteiger partial charge in [0, 0.05) is 32.6 Å². The van der Waals surface area contributed by atoms with E-state index in [-0.39, 0.29) is 24.9 Å². The molecule has 1 N–H and O–H groups in total. The first-order valence-corrected chi connectivity index (χ1v) is 17.0. The van der Waals surface area contributed by atoms with Crippen LogP contribution < -0.4 is 9.62 Å². The molecule has 0 radical (unpaired) electrons. The number of amides is 2. The van der Waals surface area contributed by atoms with Crippen molar-refractivity contribution in [3.05, 3.63) is 97.5 Å². The Morgan fingerprint density at radius 1 is 1.00 bits per heavy atom. The van der Waals surface area contributed by atoms with Crippen molar-refractivity contribution in [1.29, 1.82) is 0 Å². The predicted octanol–water partition coefficient (Wildman–Crippen LogP) is 6.06. The number of nitrogens with one attached hydrogen (secondary N) is 1. The lowest BCUT2D eigenvalue weighted by Gasteiger charge is -2.34. The van der Waals surface area contributed by atoms with E-state index in [2.05, 4.69) is 27.9 Å². The van der Waals surface area contributed by atoms with Gasteiger partial charge in [0.05, 0.1) is 11.9 Å². The molecule has 0 aromatic heterocycles. The number of sulfonamides is 1. The minimum absolute atomic E-state index is 0.00525. The van der Waals surface area contributed by atoms with Crippen LogP contribution >= 0.6 is 45.8 Å². The van der Waals surface area contributed by atoms with E-state index >= 15 is 0 Å². The molecule has 218 valence electrons. The molecule has 3 aromatic carbocycles. The van der Waals surface area contributed by atoms with Gasteiger partial charge >= 0.3 is 0 Å². The largest absolute Gasteiger partial charge is 0.352 e. The zero-order valence-electron chi connectivity index (χ0n) is 22.6. The molecule has 11 heteroatoms. The summed E-state index contributed by atoms with van der Waals surface area (Å²) in [6.07, 6.45) is 5.16. The molecule has 1 aliphatic rings. The summed E-state index contributed by atoms with van der Waals surface area (Å²) in [4.78, 5) is 29.5. The summed E-state index contributed by atoms with van der Waals surface area (Å²) >= 11 is 14.8. The lowest BCUT2D eigenvalue weighted by molar-refractivity contribution is -0.140. The van der Waals surface area contributed by atoms with Crippen LogP contribution in [0, 0.1) is 3.57 Å². The Morgan fingerprint density at radius 3 is 2.27 bits per heavy atom. The third kappa shape index (κ3) is 8.83. The summed E-state index contributed by atoms with van der Waals surface area (Å²) < 4.78 is 27.8. The van der Waals surface area contributed by atoms with Gasteiger partial charge in [-0.05, 0) is 83.0 Å². The first kappa shape index (κ1) is 31.6. The normalized spacial score (nSPS) is 14.4. The van der Waals surface area contributed by atoms with Crippen LogP contribution in [-0.4, -0.2) is 50.0 Å². The summed E-state index contributed by atoms with van der Waals surface area (Å²) in [7, 11) is -3.83. The van der Waals surface area contributed by atoms with Gasteiger partial charge in [-0.2, -0.15) is 0 Å². The van der Waals surface area contributed by atoms with E-state index in [0.717, 1.165) is 45.4 Å². The fourth-order valence-electron chi connectivity index (χ4n) is 4.98. The van der Waals surface area contributed by atoms with Gasteiger partial charge in [0.2, 0.25) is 21.8 Å². The smallest absolute Gasteiger partial charge is 0.244 e. The number of hydrogen-bond acceptors (Lipinski definition) is 4. The van der Waals surface area contributed by atoms with E-state index in [1.807, 2.05) is 30.3 Å².